The predicted molar refractivity (Wildman–Crippen MR) is 73.3 cm³/mol. The van der Waals surface area contributed by atoms with Gasteiger partial charge in [0.15, 0.2) is 0 Å². The van der Waals surface area contributed by atoms with E-state index < -0.39 is 11.6 Å². The van der Waals surface area contributed by atoms with Gasteiger partial charge < -0.3 is 0 Å². The van der Waals surface area contributed by atoms with Crippen molar-refractivity contribution in [1.82, 2.24) is 0 Å². The maximum atomic E-state index is 13.5. The van der Waals surface area contributed by atoms with Crippen molar-refractivity contribution in [3.63, 3.8) is 0 Å². The number of alkyl halides is 1. The molecule has 0 saturated carbocycles. The molecule has 0 bridgehead atoms. The summed E-state index contributed by atoms with van der Waals surface area (Å²) in [6.07, 6.45) is 0.364. The zero-order valence-electron chi connectivity index (χ0n) is 9.04. The van der Waals surface area contributed by atoms with Crippen molar-refractivity contribution in [2.75, 3.05) is 0 Å². The third kappa shape index (κ3) is 3.03. The molecular formula is C14H11F2I. The van der Waals surface area contributed by atoms with Crippen LogP contribution in [0, 0.1) is 11.6 Å². The predicted octanol–water partition coefficient (Wildman–Crippen LogP) is 4.68. The van der Waals surface area contributed by atoms with E-state index in [1.807, 2.05) is 30.3 Å². The molecule has 0 amide bonds. The normalized spacial score (nSPS) is 12.4. The number of halogens is 3. The number of hydrogen-bond acceptors (Lipinski definition) is 0. The maximum Gasteiger partial charge on any atom is 0.129 e. The molecule has 2 aromatic carbocycles. The molecule has 1 atom stereocenters. The van der Waals surface area contributed by atoms with Crippen LogP contribution in [0.3, 0.4) is 0 Å². The first kappa shape index (κ1) is 12.5. The highest BCUT2D eigenvalue weighted by Gasteiger charge is 2.14. The zero-order valence-corrected chi connectivity index (χ0v) is 11.2. The minimum atomic E-state index is -0.470. The molecule has 0 fully saturated rings. The molecule has 0 heterocycles. The minimum Gasteiger partial charge on any atom is -0.207 e. The van der Waals surface area contributed by atoms with E-state index in [0.717, 1.165) is 5.56 Å². The lowest BCUT2D eigenvalue weighted by atomic mass is 10.0. The summed E-state index contributed by atoms with van der Waals surface area (Å²) >= 11 is 2.21. The van der Waals surface area contributed by atoms with E-state index in [1.165, 1.54) is 18.2 Å². The van der Waals surface area contributed by atoms with E-state index in [2.05, 4.69) is 22.6 Å². The summed E-state index contributed by atoms with van der Waals surface area (Å²) in [6, 6.07) is 13.7. The quantitative estimate of drug-likeness (QED) is 0.560. The van der Waals surface area contributed by atoms with Crippen molar-refractivity contribution < 1.29 is 8.78 Å². The van der Waals surface area contributed by atoms with Gasteiger partial charge in [-0.05, 0) is 24.1 Å². The maximum absolute atomic E-state index is 13.5. The molecule has 0 N–H and O–H groups in total. The summed E-state index contributed by atoms with van der Waals surface area (Å²) in [5.74, 6) is -0.940. The molecular weight excluding hydrogens is 333 g/mol. The molecule has 17 heavy (non-hydrogen) atoms. The largest absolute Gasteiger partial charge is 0.207 e. The van der Waals surface area contributed by atoms with Crippen LogP contribution in [0.2, 0.25) is 0 Å². The molecule has 0 nitrogen and oxygen atoms in total. The Morgan fingerprint density at radius 3 is 2.06 bits per heavy atom. The van der Waals surface area contributed by atoms with Crippen LogP contribution >= 0.6 is 22.6 Å². The van der Waals surface area contributed by atoms with Crippen molar-refractivity contribution in [3.05, 3.63) is 71.3 Å². The van der Waals surface area contributed by atoms with E-state index in [-0.39, 0.29) is 9.49 Å². The first-order valence-corrected chi connectivity index (χ1v) is 6.55. The second-order valence-corrected chi connectivity index (χ2v) is 5.29. The Hall–Kier alpha value is -0.970. The van der Waals surface area contributed by atoms with Crippen LogP contribution in [0.25, 0.3) is 0 Å². The van der Waals surface area contributed by atoms with Crippen molar-refractivity contribution in [1.29, 1.82) is 0 Å². The summed E-state index contributed by atoms with van der Waals surface area (Å²) < 4.78 is 27.0. The van der Waals surface area contributed by atoms with Gasteiger partial charge in [0, 0.05) is 9.49 Å². The third-order valence-corrected chi connectivity index (χ3v) is 3.77. The Morgan fingerprint density at radius 2 is 1.47 bits per heavy atom. The molecule has 0 aliphatic rings. The van der Waals surface area contributed by atoms with Gasteiger partial charge in [-0.3, -0.25) is 0 Å². The highest BCUT2D eigenvalue weighted by Crippen LogP contribution is 2.29. The summed E-state index contributed by atoms with van der Waals surface area (Å²) in [7, 11) is 0. The van der Waals surface area contributed by atoms with Crippen LogP contribution in [0.15, 0.2) is 48.5 Å². The van der Waals surface area contributed by atoms with Crippen LogP contribution in [-0.2, 0) is 6.42 Å². The van der Waals surface area contributed by atoms with Crippen LogP contribution in [0.4, 0.5) is 8.78 Å². The Kier molecular flexibility index (Phi) is 4.10. The van der Waals surface area contributed by atoms with Gasteiger partial charge in [0.25, 0.3) is 0 Å². The first-order valence-electron chi connectivity index (χ1n) is 5.30. The summed E-state index contributed by atoms with van der Waals surface area (Å²) in [6.45, 7) is 0. The van der Waals surface area contributed by atoms with Gasteiger partial charge in [-0.25, -0.2) is 8.78 Å². The van der Waals surface area contributed by atoms with E-state index in [0.29, 0.717) is 6.42 Å². The average Bonchev–Trinajstić information content (AvgIpc) is 2.35. The van der Waals surface area contributed by atoms with Gasteiger partial charge in [0.1, 0.15) is 11.6 Å². The lowest BCUT2D eigenvalue weighted by molar-refractivity contribution is 0.555. The van der Waals surface area contributed by atoms with E-state index in [4.69, 9.17) is 0 Å². The number of hydrogen-bond donors (Lipinski definition) is 0. The van der Waals surface area contributed by atoms with Crippen LogP contribution in [0.5, 0.6) is 0 Å². The zero-order chi connectivity index (χ0) is 12.3. The standard InChI is InChI=1S/C14H11F2I/c15-12-7-4-8-13(16)11(12)9-14(17)10-5-2-1-3-6-10/h1-8,14H,9H2. The molecule has 3 heteroatoms. The second kappa shape index (κ2) is 5.58. The van der Waals surface area contributed by atoms with Crippen molar-refractivity contribution >= 4 is 22.6 Å². The van der Waals surface area contributed by atoms with Crippen molar-refractivity contribution in [2.45, 2.75) is 10.3 Å². The van der Waals surface area contributed by atoms with Crippen LogP contribution < -0.4 is 0 Å². The Bertz CT molecular complexity index is 477. The highest BCUT2D eigenvalue weighted by molar-refractivity contribution is 14.1. The third-order valence-electron chi connectivity index (χ3n) is 2.61. The molecule has 2 aromatic rings. The molecule has 0 aromatic heterocycles. The Balaban J connectivity index is 2.22. The fourth-order valence-corrected chi connectivity index (χ4v) is 2.54. The Labute approximate surface area is 113 Å². The van der Waals surface area contributed by atoms with Gasteiger partial charge in [-0.1, -0.05) is 59.0 Å². The topological polar surface area (TPSA) is 0 Å². The minimum absolute atomic E-state index is 0.0696. The fraction of sp³-hybridized carbons (Fsp3) is 0.143. The SMILES string of the molecule is Fc1cccc(F)c1CC(I)c1ccccc1. The monoisotopic (exact) mass is 344 g/mol. The highest BCUT2D eigenvalue weighted by atomic mass is 127. The summed E-state index contributed by atoms with van der Waals surface area (Å²) in [4.78, 5) is 0. The molecule has 0 spiro atoms. The van der Waals surface area contributed by atoms with E-state index in [9.17, 15) is 8.78 Å². The fourth-order valence-electron chi connectivity index (χ4n) is 1.69. The van der Waals surface area contributed by atoms with Crippen molar-refractivity contribution in [3.8, 4) is 0 Å². The molecule has 2 rings (SSSR count). The van der Waals surface area contributed by atoms with Gasteiger partial charge >= 0.3 is 0 Å². The van der Waals surface area contributed by atoms with Crippen molar-refractivity contribution in [2.24, 2.45) is 0 Å². The molecule has 0 aliphatic heterocycles. The van der Waals surface area contributed by atoms with Gasteiger partial charge in [0.05, 0.1) is 0 Å². The number of benzene rings is 2. The lowest BCUT2D eigenvalue weighted by Gasteiger charge is -2.11. The lowest BCUT2D eigenvalue weighted by Crippen LogP contribution is -2.00. The van der Waals surface area contributed by atoms with Gasteiger partial charge in [-0.2, -0.15) is 0 Å². The summed E-state index contributed by atoms with van der Waals surface area (Å²) in [5.41, 5.74) is 1.24. The smallest absolute Gasteiger partial charge is 0.129 e. The Morgan fingerprint density at radius 1 is 0.882 bits per heavy atom. The molecule has 88 valence electrons. The van der Waals surface area contributed by atoms with Gasteiger partial charge in [0.2, 0.25) is 0 Å². The molecule has 0 saturated heterocycles. The number of rotatable bonds is 3. The van der Waals surface area contributed by atoms with Crippen LogP contribution in [-0.4, -0.2) is 0 Å². The summed E-state index contributed by atoms with van der Waals surface area (Å²) in [5, 5.41) is 0. The molecule has 0 aliphatic carbocycles. The molecule has 1 unspecified atom stereocenters. The van der Waals surface area contributed by atoms with Crippen LogP contribution in [0.1, 0.15) is 15.1 Å². The van der Waals surface area contributed by atoms with Gasteiger partial charge in [-0.15, -0.1) is 0 Å². The average molecular weight is 344 g/mol. The first-order chi connectivity index (χ1) is 8.18. The molecule has 0 radical (unpaired) electrons. The second-order valence-electron chi connectivity index (χ2n) is 3.78. The van der Waals surface area contributed by atoms with E-state index in [1.54, 1.807) is 0 Å². The van der Waals surface area contributed by atoms with E-state index >= 15 is 0 Å².